The van der Waals surface area contributed by atoms with Crippen LogP contribution in [-0.2, 0) is 27.4 Å². The van der Waals surface area contributed by atoms with Crippen molar-refractivity contribution in [1.29, 1.82) is 0 Å². The number of nitrogens with two attached hydrogens (primary N) is 1. The third kappa shape index (κ3) is 14.1. The van der Waals surface area contributed by atoms with E-state index in [1.54, 1.807) is 89.8 Å². The number of nitrogens with one attached hydrogen (secondary N) is 4. The topological polar surface area (TPSA) is 399 Å². The van der Waals surface area contributed by atoms with Crippen molar-refractivity contribution < 1.29 is 53.6 Å². The number of pyridine rings is 1. The van der Waals surface area contributed by atoms with Gasteiger partial charge in [-0.2, -0.15) is 0 Å². The Morgan fingerprint density at radius 3 is 2.16 bits per heavy atom. The number of amides is 5. The number of aryl methyl sites for hydroxylation is 1. The third-order valence-corrected chi connectivity index (χ3v) is 22.5. The average molecular weight is 1410 g/mol. The molecule has 2 aliphatic heterocycles. The van der Waals surface area contributed by atoms with E-state index < -0.39 is 95.8 Å². The number of aliphatic hydroxyl groups is 2. The molecule has 8 aromatic heterocycles. The number of aromatic nitrogens is 11. The molecule has 1 aliphatic carbocycles. The number of rotatable bonds is 13. The van der Waals surface area contributed by atoms with E-state index in [9.17, 15) is 44.1 Å². The number of H-pyrrole nitrogens is 1. The van der Waals surface area contributed by atoms with E-state index in [2.05, 4.69) is 41.6 Å². The van der Waals surface area contributed by atoms with Crippen LogP contribution in [0, 0.1) is 18.8 Å². The van der Waals surface area contributed by atoms with E-state index in [4.69, 9.17) is 40.4 Å². The number of tetrazole rings is 1. The lowest BCUT2D eigenvalue weighted by Gasteiger charge is -2.29. The monoisotopic (exact) mass is 1410 g/mol. The van der Waals surface area contributed by atoms with Crippen molar-refractivity contribution in [2.75, 3.05) is 6.54 Å². The molecule has 5 amide bonds. The normalized spacial score (nSPS) is 21.2. The number of aliphatic carboxylic acids is 1. The minimum atomic E-state index is -1.31. The van der Waals surface area contributed by atoms with Crippen LogP contribution in [0.1, 0.15) is 148 Å². The van der Waals surface area contributed by atoms with Crippen molar-refractivity contribution in [3.05, 3.63) is 153 Å². The summed E-state index contributed by atoms with van der Waals surface area (Å²) in [5.74, 6) is -5.57. The summed E-state index contributed by atoms with van der Waals surface area (Å²) in [6, 6.07) is 15.8. The number of aromatic amines is 1. The number of hydrogen-bond donors (Lipinski definition) is 8. The van der Waals surface area contributed by atoms with Gasteiger partial charge in [0.15, 0.2) is 11.6 Å². The highest BCUT2D eigenvalue weighted by atomic mass is 32.1. The molecule has 33 heteroatoms. The second-order valence-electron chi connectivity index (χ2n) is 23.3. The number of ether oxygens (including phenoxy) is 1. The zero-order valence-corrected chi connectivity index (χ0v) is 55.8. The Bertz CT molecular complexity index is 4540. The smallest absolute Gasteiger partial charge is 0.306 e. The summed E-state index contributed by atoms with van der Waals surface area (Å²) in [5, 5.41) is 66.2. The van der Waals surface area contributed by atoms with E-state index >= 15 is 4.79 Å². The third-order valence-electron chi connectivity index (χ3n) is 16.9. The van der Waals surface area contributed by atoms with Crippen LogP contribution in [0.5, 0.6) is 5.75 Å². The molecule has 10 heterocycles. The summed E-state index contributed by atoms with van der Waals surface area (Å²) in [4.78, 5) is 133. The van der Waals surface area contributed by atoms with Crippen LogP contribution in [0.3, 0.4) is 0 Å². The van der Waals surface area contributed by atoms with Crippen molar-refractivity contribution in [3.63, 3.8) is 0 Å². The van der Waals surface area contributed by atoms with Gasteiger partial charge in [0.05, 0.1) is 47.3 Å². The van der Waals surface area contributed by atoms with Crippen molar-refractivity contribution in [3.8, 4) is 49.1 Å². The zero-order valence-electron chi connectivity index (χ0n) is 50.9. The number of carboxylic acids is 1. The Kier molecular flexibility index (Phi) is 19.2. The number of Topliss-reactive ketones (excluding diaryl/α,β-unsaturated/α-hetero) is 1. The molecule has 96 heavy (non-hydrogen) atoms. The van der Waals surface area contributed by atoms with Crippen LogP contribution in [0.25, 0.3) is 43.4 Å². The summed E-state index contributed by atoms with van der Waals surface area (Å²) in [6.07, 6.45) is -1.12. The van der Waals surface area contributed by atoms with E-state index in [1.165, 1.54) is 44.3 Å². The number of carbonyl (C=O) groups excluding carboxylic acids is 6. The first-order valence-corrected chi connectivity index (χ1v) is 35.5. The Morgan fingerprint density at radius 1 is 0.729 bits per heavy atom. The van der Waals surface area contributed by atoms with E-state index in [-0.39, 0.29) is 64.8 Å². The highest BCUT2D eigenvalue weighted by Gasteiger charge is 2.46. The molecule has 2 fully saturated rings. The number of fused-ring (bicyclic) bond motifs is 16. The van der Waals surface area contributed by atoms with Gasteiger partial charge in [0, 0.05) is 74.6 Å². The number of hydrogen-bond acceptors (Lipinski definition) is 26. The fourth-order valence-corrected chi connectivity index (χ4v) is 17.2. The second-order valence-corrected chi connectivity index (χ2v) is 28.9. The molecule has 10 bridgehead atoms. The molecule has 10 aromatic rings. The van der Waals surface area contributed by atoms with Crippen LogP contribution in [-0.4, -0.2) is 142 Å². The summed E-state index contributed by atoms with van der Waals surface area (Å²) < 4.78 is 5.87. The van der Waals surface area contributed by atoms with Crippen LogP contribution in [0.2, 0.25) is 0 Å². The second kappa shape index (κ2) is 28.2. The lowest BCUT2D eigenvalue weighted by Crippen LogP contribution is -2.50. The molecule has 7 atom stereocenters. The summed E-state index contributed by atoms with van der Waals surface area (Å²) in [6.45, 7) is 3.46. The number of carboxylic acid groups (broad SMARTS) is 1. The summed E-state index contributed by atoms with van der Waals surface area (Å²) >= 11 is 7.02. The number of thiazole rings is 6. The Hall–Kier alpha value is -9.35. The molecule has 13 rings (SSSR count). The SMILES string of the molecule is Cc1sc2nc1C(=O)C[C@@H]([C@H](O)c1ccccc1)c1nc(cs1)C(=O)N[C@@H](Cc1ccc(OCc3nnn[nH]3)cc1)C(=O)N1C[C@H](O)[C@H](C)[C@H]1c1nc(cs1)-c1nc(cs1)-c1nc(-c3nc(C(=O)NC4CCC(C(=O)O)CC4)cs3)ccc1-c1nc(cs1)C(=O)N[C@H]2CC(N)=O. The Morgan fingerprint density at radius 2 is 1.41 bits per heavy atom. The Labute approximate surface area is 569 Å². The van der Waals surface area contributed by atoms with Crippen LogP contribution in [0.4, 0.5) is 0 Å². The van der Waals surface area contributed by atoms with Gasteiger partial charge in [0.25, 0.3) is 17.7 Å². The van der Waals surface area contributed by atoms with Gasteiger partial charge in [0.1, 0.15) is 83.3 Å². The maximum atomic E-state index is 15.4. The molecular formula is C63H58N16O11S6. The number of nitrogens with zero attached hydrogens (tertiary/aromatic N) is 11. The predicted molar refractivity (Wildman–Crippen MR) is 355 cm³/mol. The first-order valence-electron chi connectivity index (χ1n) is 30.3. The van der Waals surface area contributed by atoms with Gasteiger partial charge in [-0.1, -0.05) is 49.4 Å². The van der Waals surface area contributed by atoms with E-state index in [1.807, 2.05) is 12.3 Å². The minimum absolute atomic E-state index is 0.0163. The first kappa shape index (κ1) is 65.3. The molecular weight excluding hydrogens is 1350 g/mol. The quantitative estimate of drug-likeness (QED) is 0.0543. The maximum Gasteiger partial charge on any atom is 0.306 e. The fourth-order valence-electron chi connectivity index (χ4n) is 11.8. The number of ketones is 1. The number of primary amides is 1. The number of aliphatic hydroxyl groups excluding tert-OH is 2. The molecule has 9 N–H and O–H groups in total. The minimum Gasteiger partial charge on any atom is -0.486 e. The fraction of sp³-hybridized carbons (Fsp3) is 0.317. The summed E-state index contributed by atoms with van der Waals surface area (Å²) in [5.41, 5.74) is 9.02. The van der Waals surface area contributed by atoms with Gasteiger partial charge in [-0.15, -0.1) is 73.1 Å². The molecule has 3 aliphatic rings. The van der Waals surface area contributed by atoms with Crippen LogP contribution < -0.4 is 26.4 Å². The van der Waals surface area contributed by atoms with Crippen molar-refractivity contribution >= 4 is 109 Å². The van der Waals surface area contributed by atoms with E-state index in [0.717, 1.165) is 34.0 Å². The molecule has 0 spiro atoms. The molecule has 0 unspecified atom stereocenters. The molecule has 1 saturated heterocycles. The average Bonchev–Trinajstić information content (AvgIpc) is 1.63. The number of carbonyl (C=O) groups is 7. The van der Waals surface area contributed by atoms with Crippen LogP contribution >= 0.6 is 68.0 Å². The lowest BCUT2D eigenvalue weighted by molar-refractivity contribution is -0.143. The van der Waals surface area contributed by atoms with E-state index in [0.29, 0.717) is 102 Å². The van der Waals surface area contributed by atoms with Crippen LogP contribution in [0.15, 0.2) is 93.6 Å². The van der Waals surface area contributed by atoms with Crippen molar-refractivity contribution in [1.82, 2.24) is 76.4 Å². The molecule has 492 valence electrons. The standard InChI is InChI=1S/C63H58N16O11S6/c1-28-46(81)21-79-51(28)61-73-44(27-95-61)59-69-40(23-93-59)50-35(16-17-37(66-50)58-72-41(26-94-58)53(84)65-33-12-10-32(11-13-33)63(88)89)56-70-42(24-91-56)54(85)67-38(20-47(64)82)60-74-49(29(2)96-60)45(80)19-36(52(83)31-6-4-3-5-7-31)57-71-43(25-92-57)55(86)68-39(62(79)87)18-30-8-14-34(15-9-30)90-22-48-75-77-78-76-48/h3-9,14-17,23-28,32-33,36,38-39,46,51-52,81,83H,10-13,18-22H2,1-2H3,(H2,64,82)(H,65,84)(H,67,85)(H,68,86)(H,88,89)(H,75,76,77,78)/t28-,32?,33?,36-,38-,39-,46-,51-,52+/m0/s1. The van der Waals surface area contributed by atoms with Crippen molar-refractivity contribution in [2.24, 2.45) is 17.6 Å². The molecule has 2 aromatic carbocycles. The van der Waals surface area contributed by atoms with Gasteiger partial charge in [-0.25, -0.2) is 40.0 Å². The molecule has 1 saturated carbocycles. The summed E-state index contributed by atoms with van der Waals surface area (Å²) in [7, 11) is 0. The highest BCUT2D eigenvalue weighted by molar-refractivity contribution is 7.15. The Balaban J connectivity index is 0.874. The largest absolute Gasteiger partial charge is 0.486 e. The van der Waals surface area contributed by atoms with Gasteiger partial charge < -0.3 is 46.6 Å². The van der Waals surface area contributed by atoms with Gasteiger partial charge in [0.2, 0.25) is 11.8 Å². The van der Waals surface area contributed by atoms with Gasteiger partial charge in [-0.05, 0) is 78.4 Å². The molecule has 0 radical (unpaired) electrons. The van der Waals surface area contributed by atoms with Gasteiger partial charge in [-0.3, -0.25) is 33.6 Å². The van der Waals surface area contributed by atoms with Crippen molar-refractivity contribution in [2.45, 2.75) is 108 Å². The highest BCUT2D eigenvalue weighted by Crippen LogP contribution is 2.44. The van der Waals surface area contributed by atoms with Gasteiger partial charge >= 0.3 is 5.97 Å². The first-order chi connectivity index (χ1) is 46.4. The predicted octanol–water partition coefficient (Wildman–Crippen LogP) is 7.93. The lowest BCUT2D eigenvalue weighted by atomic mass is 9.86. The maximum absolute atomic E-state index is 15.4. The molecule has 27 nitrogen and oxygen atoms in total. The zero-order chi connectivity index (χ0) is 66.9. The number of benzene rings is 2.